The molecule has 1 aliphatic rings. The van der Waals surface area contributed by atoms with Crippen LogP contribution in [0.4, 0.5) is 13.2 Å². The first-order valence-corrected chi connectivity index (χ1v) is 9.81. The number of ether oxygens (including phenoxy) is 2. The highest BCUT2D eigenvalue weighted by atomic mass is 19.4. The van der Waals surface area contributed by atoms with Crippen molar-refractivity contribution in [2.24, 2.45) is 0 Å². The number of carbonyl (C=O) groups is 1. The number of amides is 1. The maximum atomic E-state index is 12.9. The van der Waals surface area contributed by atoms with Crippen LogP contribution in [0.1, 0.15) is 28.5 Å². The Kier molecular flexibility index (Phi) is 5.81. The van der Waals surface area contributed by atoms with Gasteiger partial charge in [0.1, 0.15) is 17.1 Å². The number of likely N-dealkylation sites (tertiary alicyclic amines) is 1. The molecule has 1 aliphatic heterocycles. The molecule has 0 unspecified atom stereocenters. The first-order valence-electron chi connectivity index (χ1n) is 9.81. The van der Waals surface area contributed by atoms with Crippen molar-refractivity contribution >= 4 is 17.1 Å². The number of nitrogens with zero attached hydrogens (tertiary/aromatic N) is 4. The van der Waals surface area contributed by atoms with Crippen molar-refractivity contribution in [1.82, 2.24) is 19.4 Å². The third-order valence-electron chi connectivity index (χ3n) is 5.23. The number of aromatic nitrogens is 3. The highest BCUT2D eigenvalue weighted by molar-refractivity contribution is 5.94. The minimum absolute atomic E-state index is 0.0304. The molecule has 0 saturated carbocycles. The lowest BCUT2D eigenvalue weighted by atomic mass is 10.1. The van der Waals surface area contributed by atoms with Gasteiger partial charge in [-0.1, -0.05) is 0 Å². The highest BCUT2D eigenvalue weighted by Gasteiger charge is 2.33. The van der Waals surface area contributed by atoms with Gasteiger partial charge in [-0.15, -0.1) is 13.2 Å². The maximum absolute atomic E-state index is 12.9. The number of methoxy groups -OCH3 is 1. The van der Waals surface area contributed by atoms with E-state index in [0.29, 0.717) is 31.8 Å². The zero-order chi connectivity index (χ0) is 22.0. The number of carbonyl (C=O) groups excluding carboxylic acids is 1. The average molecular weight is 434 g/mol. The Morgan fingerprint density at radius 1 is 1.23 bits per heavy atom. The van der Waals surface area contributed by atoms with Crippen LogP contribution in [0.15, 0.2) is 42.6 Å². The topological polar surface area (TPSA) is 69.5 Å². The number of rotatable bonds is 6. The Bertz CT molecular complexity index is 1070. The fourth-order valence-corrected chi connectivity index (χ4v) is 3.83. The largest absolute Gasteiger partial charge is 0.573 e. The molecule has 164 valence electrons. The fourth-order valence-electron chi connectivity index (χ4n) is 3.83. The van der Waals surface area contributed by atoms with Gasteiger partial charge in [-0.05, 0) is 42.8 Å². The number of hydrogen-bond acceptors (Lipinski definition) is 5. The average Bonchev–Trinajstić information content (AvgIpc) is 3.36. The Hall–Kier alpha value is -3.14. The van der Waals surface area contributed by atoms with Gasteiger partial charge in [0.2, 0.25) is 0 Å². The molecular weight excluding hydrogens is 413 g/mol. The summed E-state index contributed by atoms with van der Waals surface area (Å²) in [5.74, 6) is 0.291. The van der Waals surface area contributed by atoms with Crippen molar-refractivity contribution in [1.29, 1.82) is 0 Å². The van der Waals surface area contributed by atoms with Crippen molar-refractivity contribution in [2.45, 2.75) is 25.2 Å². The van der Waals surface area contributed by atoms with Gasteiger partial charge in [0.05, 0.1) is 6.61 Å². The van der Waals surface area contributed by atoms with Crippen LogP contribution in [-0.4, -0.2) is 58.5 Å². The smallest absolute Gasteiger partial charge is 0.406 e. The Morgan fingerprint density at radius 2 is 2.00 bits per heavy atom. The lowest BCUT2D eigenvalue weighted by Crippen LogP contribution is -2.28. The Morgan fingerprint density at radius 3 is 2.71 bits per heavy atom. The van der Waals surface area contributed by atoms with Gasteiger partial charge in [-0.25, -0.2) is 9.97 Å². The normalized spacial score (nSPS) is 16.8. The van der Waals surface area contributed by atoms with Crippen LogP contribution in [0.25, 0.3) is 11.2 Å². The highest BCUT2D eigenvalue weighted by Crippen LogP contribution is 2.30. The van der Waals surface area contributed by atoms with E-state index in [0.717, 1.165) is 35.5 Å². The van der Waals surface area contributed by atoms with E-state index >= 15 is 0 Å². The van der Waals surface area contributed by atoms with E-state index in [1.54, 1.807) is 18.2 Å². The van der Waals surface area contributed by atoms with E-state index in [1.807, 2.05) is 16.7 Å². The van der Waals surface area contributed by atoms with Crippen LogP contribution in [0, 0.1) is 0 Å². The van der Waals surface area contributed by atoms with Gasteiger partial charge < -0.3 is 18.9 Å². The van der Waals surface area contributed by atoms with Gasteiger partial charge in [0.25, 0.3) is 5.91 Å². The second kappa shape index (κ2) is 8.54. The summed E-state index contributed by atoms with van der Waals surface area (Å²) in [6.45, 7) is 2.11. The predicted octanol–water partition coefficient (Wildman–Crippen LogP) is 3.61. The van der Waals surface area contributed by atoms with Crippen LogP contribution in [0.3, 0.4) is 0 Å². The van der Waals surface area contributed by atoms with Crippen LogP contribution in [0.2, 0.25) is 0 Å². The summed E-state index contributed by atoms with van der Waals surface area (Å²) in [4.78, 5) is 23.7. The molecule has 1 aromatic carbocycles. The molecule has 0 aliphatic carbocycles. The second-order valence-corrected chi connectivity index (χ2v) is 7.27. The third kappa shape index (κ3) is 4.63. The molecule has 31 heavy (non-hydrogen) atoms. The summed E-state index contributed by atoms with van der Waals surface area (Å²) < 4.78 is 48.1. The van der Waals surface area contributed by atoms with E-state index in [-0.39, 0.29) is 17.6 Å². The standard InChI is InChI=1S/C21H21F3N4O3/c1-30-12-11-28-18(26-17-3-2-9-25-19(17)28)15-8-10-27(13-15)20(29)14-4-6-16(7-5-14)31-21(22,23)24/h2-7,9,15H,8,10-13H2,1H3/t15-/m0/s1. The number of alkyl halides is 3. The van der Waals surface area contributed by atoms with E-state index < -0.39 is 6.36 Å². The molecule has 3 aromatic rings. The lowest BCUT2D eigenvalue weighted by Gasteiger charge is -2.17. The van der Waals surface area contributed by atoms with Gasteiger partial charge in [0, 0.05) is 44.4 Å². The van der Waals surface area contributed by atoms with E-state index in [2.05, 4.69) is 9.72 Å². The van der Waals surface area contributed by atoms with E-state index in [1.165, 1.54) is 12.1 Å². The minimum atomic E-state index is -4.77. The second-order valence-electron chi connectivity index (χ2n) is 7.27. The number of imidazole rings is 1. The molecule has 7 nitrogen and oxygen atoms in total. The SMILES string of the molecule is COCCn1c([C@H]2CCN(C(=O)c3ccc(OC(F)(F)F)cc3)C2)nc2cccnc21. The quantitative estimate of drug-likeness (QED) is 0.593. The monoisotopic (exact) mass is 434 g/mol. The van der Waals surface area contributed by atoms with E-state index in [9.17, 15) is 18.0 Å². The van der Waals surface area contributed by atoms with Crippen molar-refractivity contribution < 1.29 is 27.4 Å². The minimum Gasteiger partial charge on any atom is -0.406 e. The number of benzene rings is 1. The van der Waals surface area contributed by atoms with Crippen LogP contribution < -0.4 is 4.74 Å². The molecule has 0 spiro atoms. The third-order valence-corrected chi connectivity index (χ3v) is 5.23. The summed E-state index contributed by atoms with van der Waals surface area (Å²) in [6, 6.07) is 8.70. The van der Waals surface area contributed by atoms with Crippen LogP contribution in [0.5, 0.6) is 5.75 Å². The maximum Gasteiger partial charge on any atom is 0.573 e. The van der Waals surface area contributed by atoms with Crippen molar-refractivity contribution in [3.8, 4) is 5.75 Å². The Labute approximate surface area is 176 Å². The summed E-state index contributed by atoms with van der Waals surface area (Å²) in [7, 11) is 1.63. The molecule has 2 aromatic heterocycles. The first kappa shape index (κ1) is 21.1. The zero-order valence-corrected chi connectivity index (χ0v) is 16.8. The molecular formula is C21H21F3N4O3. The van der Waals surface area contributed by atoms with E-state index in [4.69, 9.17) is 9.72 Å². The van der Waals surface area contributed by atoms with Crippen molar-refractivity contribution in [3.63, 3.8) is 0 Å². The number of pyridine rings is 1. The Balaban J connectivity index is 1.50. The van der Waals surface area contributed by atoms with Crippen molar-refractivity contribution in [3.05, 3.63) is 54.0 Å². The van der Waals surface area contributed by atoms with Gasteiger partial charge >= 0.3 is 6.36 Å². The van der Waals surface area contributed by atoms with Crippen LogP contribution in [-0.2, 0) is 11.3 Å². The molecule has 0 radical (unpaired) electrons. The molecule has 3 heterocycles. The molecule has 4 rings (SSSR count). The zero-order valence-electron chi connectivity index (χ0n) is 16.8. The molecule has 1 saturated heterocycles. The fraction of sp³-hybridized carbons (Fsp3) is 0.381. The summed E-state index contributed by atoms with van der Waals surface area (Å²) in [5.41, 5.74) is 1.88. The molecule has 0 N–H and O–H groups in total. The first-order chi connectivity index (χ1) is 14.9. The number of halogens is 3. The summed E-state index contributed by atoms with van der Waals surface area (Å²) >= 11 is 0. The lowest BCUT2D eigenvalue weighted by molar-refractivity contribution is -0.274. The predicted molar refractivity (Wildman–Crippen MR) is 106 cm³/mol. The van der Waals surface area contributed by atoms with Crippen LogP contribution >= 0.6 is 0 Å². The van der Waals surface area contributed by atoms with Gasteiger partial charge in [0.15, 0.2) is 5.65 Å². The number of fused-ring (bicyclic) bond motifs is 1. The molecule has 0 bridgehead atoms. The molecule has 10 heteroatoms. The van der Waals surface area contributed by atoms with Crippen molar-refractivity contribution in [2.75, 3.05) is 26.8 Å². The molecule has 1 atom stereocenters. The van der Waals surface area contributed by atoms with Gasteiger partial charge in [-0.2, -0.15) is 0 Å². The molecule has 1 amide bonds. The summed E-state index contributed by atoms with van der Waals surface area (Å²) in [5, 5.41) is 0. The number of hydrogen-bond donors (Lipinski definition) is 0. The van der Waals surface area contributed by atoms with Gasteiger partial charge in [-0.3, -0.25) is 4.79 Å². The molecule has 1 fully saturated rings. The summed E-state index contributed by atoms with van der Waals surface area (Å²) in [6.07, 6.45) is -2.32.